The Balaban J connectivity index is 2.12. The van der Waals surface area contributed by atoms with Crippen molar-refractivity contribution in [3.8, 4) is 0 Å². The molecule has 0 saturated heterocycles. The SMILES string of the molecule is O=C(OCCCCCCBr)c1ccccc1. The smallest absolute Gasteiger partial charge is 0.338 e. The number of rotatable bonds is 7. The lowest BCUT2D eigenvalue weighted by Crippen LogP contribution is -2.06. The molecule has 0 spiro atoms. The topological polar surface area (TPSA) is 26.3 Å². The monoisotopic (exact) mass is 284 g/mol. The lowest BCUT2D eigenvalue weighted by atomic mass is 10.2. The second-order valence-electron chi connectivity index (χ2n) is 3.61. The van der Waals surface area contributed by atoms with Crippen molar-refractivity contribution in [2.45, 2.75) is 25.7 Å². The number of hydrogen-bond donors (Lipinski definition) is 0. The molecule has 0 aromatic heterocycles. The molecule has 0 fully saturated rings. The molecule has 0 aliphatic carbocycles. The second-order valence-corrected chi connectivity index (χ2v) is 4.40. The summed E-state index contributed by atoms with van der Waals surface area (Å²) in [6.07, 6.45) is 4.44. The Morgan fingerprint density at radius 1 is 1.06 bits per heavy atom. The lowest BCUT2D eigenvalue weighted by molar-refractivity contribution is 0.0498. The van der Waals surface area contributed by atoms with E-state index in [1.807, 2.05) is 18.2 Å². The summed E-state index contributed by atoms with van der Waals surface area (Å²) in [7, 11) is 0. The van der Waals surface area contributed by atoms with E-state index in [-0.39, 0.29) is 5.97 Å². The Kier molecular flexibility index (Phi) is 6.90. The van der Waals surface area contributed by atoms with Crippen LogP contribution >= 0.6 is 15.9 Å². The molecular weight excluding hydrogens is 268 g/mol. The fraction of sp³-hybridized carbons (Fsp3) is 0.462. The fourth-order valence-electron chi connectivity index (χ4n) is 1.37. The minimum absolute atomic E-state index is 0.221. The second kappa shape index (κ2) is 8.34. The van der Waals surface area contributed by atoms with E-state index in [0.29, 0.717) is 12.2 Å². The van der Waals surface area contributed by atoms with E-state index in [1.165, 1.54) is 12.8 Å². The van der Waals surface area contributed by atoms with Gasteiger partial charge in [0, 0.05) is 5.33 Å². The van der Waals surface area contributed by atoms with Crippen LogP contribution in [0.4, 0.5) is 0 Å². The van der Waals surface area contributed by atoms with Gasteiger partial charge in [-0.15, -0.1) is 0 Å². The summed E-state index contributed by atoms with van der Waals surface area (Å²) in [6, 6.07) is 9.11. The summed E-state index contributed by atoms with van der Waals surface area (Å²) >= 11 is 3.39. The third kappa shape index (κ3) is 5.31. The third-order valence-corrected chi connectivity index (χ3v) is 2.83. The maximum atomic E-state index is 11.5. The Labute approximate surface area is 105 Å². The number of benzene rings is 1. The van der Waals surface area contributed by atoms with E-state index >= 15 is 0 Å². The van der Waals surface area contributed by atoms with Gasteiger partial charge >= 0.3 is 5.97 Å². The van der Waals surface area contributed by atoms with Gasteiger partial charge in [-0.1, -0.05) is 47.0 Å². The Morgan fingerprint density at radius 2 is 1.75 bits per heavy atom. The average Bonchev–Trinajstić information content (AvgIpc) is 2.34. The third-order valence-electron chi connectivity index (χ3n) is 2.27. The van der Waals surface area contributed by atoms with Gasteiger partial charge in [-0.25, -0.2) is 4.79 Å². The molecule has 0 N–H and O–H groups in total. The van der Waals surface area contributed by atoms with Crippen molar-refractivity contribution in [3.63, 3.8) is 0 Å². The number of esters is 1. The summed E-state index contributed by atoms with van der Waals surface area (Å²) in [5.41, 5.74) is 0.628. The molecule has 0 aliphatic heterocycles. The van der Waals surface area contributed by atoms with E-state index in [2.05, 4.69) is 15.9 Å². The number of carbonyl (C=O) groups is 1. The van der Waals surface area contributed by atoms with Gasteiger partial charge in [-0.05, 0) is 25.0 Å². The highest BCUT2D eigenvalue weighted by atomic mass is 79.9. The van der Waals surface area contributed by atoms with Crippen LogP contribution in [0.1, 0.15) is 36.0 Å². The molecule has 0 amide bonds. The zero-order valence-electron chi connectivity index (χ0n) is 9.32. The largest absolute Gasteiger partial charge is 0.462 e. The van der Waals surface area contributed by atoms with E-state index in [4.69, 9.17) is 4.74 Å². The number of alkyl halides is 1. The molecule has 0 atom stereocenters. The predicted octanol–water partition coefficient (Wildman–Crippen LogP) is 3.80. The van der Waals surface area contributed by atoms with Crippen LogP contribution in [0.25, 0.3) is 0 Å². The van der Waals surface area contributed by atoms with Crippen LogP contribution in [0, 0.1) is 0 Å². The first kappa shape index (κ1) is 13.2. The summed E-state index contributed by atoms with van der Waals surface area (Å²) < 4.78 is 5.16. The first-order valence-electron chi connectivity index (χ1n) is 5.62. The normalized spacial score (nSPS) is 10.1. The molecule has 0 saturated carbocycles. The minimum atomic E-state index is -0.221. The highest BCUT2D eigenvalue weighted by molar-refractivity contribution is 9.09. The summed E-state index contributed by atoms with van der Waals surface area (Å²) in [5.74, 6) is -0.221. The van der Waals surface area contributed by atoms with Gasteiger partial charge in [0.05, 0.1) is 12.2 Å². The van der Waals surface area contributed by atoms with Crippen LogP contribution in [0.3, 0.4) is 0 Å². The molecular formula is C13H17BrO2. The fourth-order valence-corrected chi connectivity index (χ4v) is 1.77. The quantitative estimate of drug-likeness (QED) is 0.433. The van der Waals surface area contributed by atoms with Gasteiger partial charge in [0.15, 0.2) is 0 Å². The number of unbranched alkanes of at least 4 members (excludes halogenated alkanes) is 3. The van der Waals surface area contributed by atoms with E-state index < -0.39 is 0 Å². The van der Waals surface area contributed by atoms with Crippen molar-refractivity contribution in [1.29, 1.82) is 0 Å². The molecule has 1 rings (SSSR count). The number of halogens is 1. The molecule has 0 radical (unpaired) electrons. The van der Waals surface area contributed by atoms with Crippen LogP contribution in [0.5, 0.6) is 0 Å². The maximum Gasteiger partial charge on any atom is 0.338 e. The first-order chi connectivity index (χ1) is 7.84. The Morgan fingerprint density at radius 3 is 2.44 bits per heavy atom. The number of hydrogen-bond acceptors (Lipinski definition) is 2. The molecule has 16 heavy (non-hydrogen) atoms. The minimum Gasteiger partial charge on any atom is -0.462 e. The van der Waals surface area contributed by atoms with Crippen molar-refractivity contribution in [2.24, 2.45) is 0 Å². The highest BCUT2D eigenvalue weighted by Crippen LogP contribution is 2.04. The van der Waals surface area contributed by atoms with Crippen LogP contribution in [-0.4, -0.2) is 17.9 Å². The lowest BCUT2D eigenvalue weighted by Gasteiger charge is -2.04. The Hall–Kier alpha value is -0.830. The maximum absolute atomic E-state index is 11.5. The molecule has 0 bridgehead atoms. The van der Waals surface area contributed by atoms with E-state index in [9.17, 15) is 4.79 Å². The van der Waals surface area contributed by atoms with Crippen LogP contribution in [0.15, 0.2) is 30.3 Å². The zero-order chi connectivity index (χ0) is 11.6. The van der Waals surface area contributed by atoms with Crippen LogP contribution < -0.4 is 0 Å². The molecule has 0 heterocycles. The summed E-state index contributed by atoms with van der Waals surface area (Å²) in [6.45, 7) is 0.524. The van der Waals surface area contributed by atoms with Crippen molar-refractivity contribution >= 4 is 21.9 Å². The van der Waals surface area contributed by atoms with Gasteiger partial charge in [0.2, 0.25) is 0 Å². The van der Waals surface area contributed by atoms with Gasteiger partial charge in [0.25, 0.3) is 0 Å². The van der Waals surface area contributed by atoms with Crippen molar-refractivity contribution in [3.05, 3.63) is 35.9 Å². The summed E-state index contributed by atoms with van der Waals surface area (Å²) in [4.78, 5) is 11.5. The van der Waals surface area contributed by atoms with Crippen molar-refractivity contribution in [2.75, 3.05) is 11.9 Å². The first-order valence-corrected chi connectivity index (χ1v) is 6.75. The van der Waals surface area contributed by atoms with E-state index in [1.54, 1.807) is 12.1 Å². The highest BCUT2D eigenvalue weighted by Gasteiger charge is 2.04. The van der Waals surface area contributed by atoms with Crippen LogP contribution in [-0.2, 0) is 4.74 Å². The molecule has 88 valence electrons. The molecule has 1 aromatic rings. The standard InChI is InChI=1S/C13H17BrO2/c14-10-6-1-2-7-11-16-13(15)12-8-4-3-5-9-12/h3-5,8-9H,1-2,6-7,10-11H2. The van der Waals surface area contributed by atoms with E-state index in [0.717, 1.165) is 18.2 Å². The van der Waals surface area contributed by atoms with Crippen LogP contribution in [0.2, 0.25) is 0 Å². The zero-order valence-corrected chi connectivity index (χ0v) is 10.9. The van der Waals surface area contributed by atoms with Gasteiger partial charge < -0.3 is 4.74 Å². The predicted molar refractivity (Wildman–Crippen MR) is 69.0 cm³/mol. The summed E-state index contributed by atoms with van der Waals surface area (Å²) in [5, 5.41) is 1.05. The molecule has 2 nitrogen and oxygen atoms in total. The van der Waals surface area contributed by atoms with Gasteiger partial charge in [-0.2, -0.15) is 0 Å². The number of ether oxygens (including phenoxy) is 1. The van der Waals surface area contributed by atoms with Gasteiger partial charge in [-0.3, -0.25) is 0 Å². The Bertz CT molecular complexity index is 298. The molecule has 1 aromatic carbocycles. The van der Waals surface area contributed by atoms with Crippen molar-refractivity contribution < 1.29 is 9.53 Å². The molecule has 0 aliphatic rings. The molecule has 0 unspecified atom stereocenters. The number of carbonyl (C=O) groups excluding carboxylic acids is 1. The van der Waals surface area contributed by atoms with Crippen molar-refractivity contribution in [1.82, 2.24) is 0 Å². The van der Waals surface area contributed by atoms with Gasteiger partial charge in [0.1, 0.15) is 0 Å². The average molecular weight is 285 g/mol. The molecule has 3 heteroatoms.